The van der Waals surface area contributed by atoms with Crippen LogP contribution in [0.2, 0.25) is 0 Å². The summed E-state index contributed by atoms with van der Waals surface area (Å²) in [5.41, 5.74) is 1.99. The molecule has 21 heavy (non-hydrogen) atoms. The van der Waals surface area contributed by atoms with E-state index in [-0.39, 0.29) is 0 Å². The van der Waals surface area contributed by atoms with Gasteiger partial charge in [-0.05, 0) is 51.0 Å². The fraction of sp³-hybridized carbons (Fsp3) is 0.375. The quantitative estimate of drug-likeness (QED) is 0.843. The van der Waals surface area contributed by atoms with Crippen molar-refractivity contribution in [1.82, 2.24) is 9.97 Å². The molecule has 1 N–H and O–H groups in total. The summed E-state index contributed by atoms with van der Waals surface area (Å²) in [5, 5.41) is 3.31. The van der Waals surface area contributed by atoms with Crippen molar-refractivity contribution in [2.45, 2.75) is 34.1 Å². The lowest BCUT2D eigenvalue weighted by Crippen LogP contribution is -2.07. The van der Waals surface area contributed by atoms with Gasteiger partial charge < -0.3 is 10.1 Å². The van der Waals surface area contributed by atoms with Crippen molar-refractivity contribution in [3.8, 4) is 11.6 Å². The van der Waals surface area contributed by atoms with Crippen LogP contribution in [0.3, 0.4) is 0 Å². The van der Waals surface area contributed by atoms with Crippen molar-refractivity contribution >= 4 is 21.7 Å². The number of hydrogen-bond acceptors (Lipinski definition) is 4. The Morgan fingerprint density at radius 3 is 2.62 bits per heavy atom. The first-order valence-electron chi connectivity index (χ1n) is 7.04. The second kappa shape index (κ2) is 6.89. The predicted octanol–water partition coefficient (Wildman–Crippen LogP) is 4.78. The van der Waals surface area contributed by atoms with Crippen LogP contribution in [0.5, 0.6) is 11.6 Å². The number of hydrogen-bond donors (Lipinski definition) is 1. The van der Waals surface area contributed by atoms with E-state index >= 15 is 0 Å². The molecule has 2 rings (SSSR count). The Morgan fingerprint density at radius 2 is 1.95 bits per heavy atom. The van der Waals surface area contributed by atoms with Crippen molar-refractivity contribution < 1.29 is 4.74 Å². The van der Waals surface area contributed by atoms with Gasteiger partial charge in [0.1, 0.15) is 17.4 Å². The lowest BCUT2D eigenvalue weighted by molar-refractivity contribution is 0.452. The van der Waals surface area contributed by atoms with Gasteiger partial charge in [0.2, 0.25) is 5.88 Å². The molecule has 0 aliphatic heterocycles. The molecule has 0 aliphatic carbocycles. The highest BCUT2D eigenvalue weighted by Gasteiger charge is 2.12. The van der Waals surface area contributed by atoms with Crippen LogP contribution in [-0.4, -0.2) is 16.5 Å². The van der Waals surface area contributed by atoms with Gasteiger partial charge in [-0.1, -0.05) is 22.9 Å². The van der Waals surface area contributed by atoms with E-state index < -0.39 is 0 Å². The zero-order valence-corrected chi connectivity index (χ0v) is 14.4. The van der Waals surface area contributed by atoms with E-state index in [1.165, 1.54) is 0 Å². The molecule has 0 unspecified atom stereocenters. The minimum atomic E-state index is 0.603. The number of aromatic nitrogens is 2. The predicted molar refractivity (Wildman–Crippen MR) is 89.2 cm³/mol. The minimum Gasteiger partial charge on any atom is -0.438 e. The second-order valence-corrected chi connectivity index (χ2v) is 5.90. The first kappa shape index (κ1) is 15.8. The number of anilines is 1. The maximum atomic E-state index is 5.98. The molecular formula is C16H20BrN3O. The lowest BCUT2D eigenvalue weighted by Gasteiger charge is -2.14. The molecule has 112 valence electrons. The van der Waals surface area contributed by atoms with Crippen molar-refractivity contribution in [3.05, 3.63) is 39.6 Å². The molecule has 1 aromatic carbocycles. The van der Waals surface area contributed by atoms with Gasteiger partial charge in [0, 0.05) is 11.0 Å². The molecule has 0 spiro atoms. The lowest BCUT2D eigenvalue weighted by atomic mass is 10.2. The van der Waals surface area contributed by atoms with Gasteiger partial charge in [0.05, 0.1) is 5.56 Å². The van der Waals surface area contributed by atoms with Gasteiger partial charge >= 0.3 is 0 Å². The number of nitrogens with zero attached hydrogens (tertiary/aromatic N) is 2. The Kier molecular flexibility index (Phi) is 5.17. The summed E-state index contributed by atoms with van der Waals surface area (Å²) in [7, 11) is 0. The number of halogens is 1. The van der Waals surface area contributed by atoms with Gasteiger partial charge in [-0.3, -0.25) is 0 Å². The van der Waals surface area contributed by atoms with Crippen molar-refractivity contribution in [1.29, 1.82) is 0 Å². The highest BCUT2D eigenvalue weighted by molar-refractivity contribution is 9.10. The van der Waals surface area contributed by atoms with E-state index in [2.05, 4.69) is 38.1 Å². The topological polar surface area (TPSA) is 47.0 Å². The minimum absolute atomic E-state index is 0.603. The molecule has 0 atom stereocenters. The van der Waals surface area contributed by atoms with Crippen molar-refractivity contribution in [2.75, 3.05) is 11.9 Å². The van der Waals surface area contributed by atoms with Crippen LogP contribution in [0.15, 0.2) is 22.7 Å². The molecular weight excluding hydrogens is 330 g/mol. The summed E-state index contributed by atoms with van der Waals surface area (Å²) in [4.78, 5) is 8.85. The van der Waals surface area contributed by atoms with E-state index in [1.54, 1.807) is 0 Å². The standard InChI is InChI=1S/C16H20BrN3O/c1-5-8-18-15-11(3)16(20-12(4)19-15)21-14-7-6-13(17)9-10(14)2/h6-7,9H,5,8H2,1-4H3,(H,18,19,20). The summed E-state index contributed by atoms with van der Waals surface area (Å²) >= 11 is 3.46. The highest BCUT2D eigenvalue weighted by atomic mass is 79.9. The summed E-state index contributed by atoms with van der Waals surface area (Å²) in [6.07, 6.45) is 1.05. The van der Waals surface area contributed by atoms with Gasteiger partial charge in [-0.15, -0.1) is 0 Å². The first-order valence-corrected chi connectivity index (χ1v) is 7.83. The Balaban J connectivity index is 2.32. The van der Waals surface area contributed by atoms with E-state index in [1.807, 2.05) is 39.0 Å². The highest BCUT2D eigenvalue weighted by Crippen LogP contribution is 2.30. The molecule has 0 bridgehead atoms. The normalized spacial score (nSPS) is 10.5. The zero-order valence-electron chi connectivity index (χ0n) is 12.8. The van der Waals surface area contributed by atoms with Gasteiger partial charge in [0.15, 0.2) is 0 Å². The summed E-state index contributed by atoms with van der Waals surface area (Å²) in [5.74, 6) is 2.95. The van der Waals surface area contributed by atoms with Crippen LogP contribution in [0, 0.1) is 20.8 Å². The SMILES string of the molecule is CCCNc1nc(C)nc(Oc2ccc(Br)cc2C)c1C. The maximum absolute atomic E-state index is 5.98. The fourth-order valence-electron chi connectivity index (χ4n) is 1.95. The smallest absolute Gasteiger partial charge is 0.227 e. The van der Waals surface area contributed by atoms with E-state index in [4.69, 9.17) is 4.74 Å². The molecule has 0 saturated carbocycles. The fourth-order valence-corrected chi connectivity index (χ4v) is 2.42. The van der Waals surface area contributed by atoms with Crippen LogP contribution >= 0.6 is 15.9 Å². The Morgan fingerprint density at radius 1 is 1.19 bits per heavy atom. The van der Waals surface area contributed by atoms with Crippen molar-refractivity contribution in [2.24, 2.45) is 0 Å². The third kappa shape index (κ3) is 3.94. The molecule has 1 heterocycles. The Labute approximate surface area is 134 Å². The number of ether oxygens (including phenoxy) is 1. The molecule has 0 fully saturated rings. The molecule has 0 aliphatic rings. The summed E-state index contributed by atoms with van der Waals surface area (Å²) < 4.78 is 7.02. The summed E-state index contributed by atoms with van der Waals surface area (Å²) in [6.45, 7) is 8.87. The van der Waals surface area contributed by atoms with Crippen LogP contribution in [-0.2, 0) is 0 Å². The Bertz CT molecular complexity index is 644. The van der Waals surface area contributed by atoms with Gasteiger partial charge in [-0.25, -0.2) is 4.98 Å². The van der Waals surface area contributed by atoms with E-state index in [0.717, 1.165) is 40.1 Å². The van der Waals surface area contributed by atoms with E-state index in [0.29, 0.717) is 11.7 Å². The molecule has 2 aromatic rings. The number of nitrogens with one attached hydrogen (secondary N) is 1. The third-order valence-corrected chi connectivity index (χ3v) is 3.59. The number of benzene rings is 1. The number of aryl methyl sites for hydroxylation is 2. The monoisotopic (exact) mass is 349 g/mol. The van der Waals surface area contributed by atoms with E-state index in [9.17, 15) is 0 Å². The summed E-state index contributed by atoms with van der Waals surface area (Å²) in [6, 6.07) is 5.92. The number of rotatable bonds is 5. The molecule has 0 radical (unpaired) electrons. The zero-order chi connectivity index (χ0) is 15.4. The largest absolute Gasteiger partial charge is 0.438 e. The Hall–Kier alpha value is -1.62. The van der Waals surface area contributed by atoms with Crippen LogP contribution < -0.4 is 10.1 Å². The van der Waals surface area contributed by atoms with Crippen LogP contribution in [0.4, 0.5) is 5.82 Å². The van der Waals surface area contributed by atoms with Gasteiger partial charge in [0.25, 0.3) is 0 Å². The molecule has 0 amide bonds. The molecule has 0 saturated heterocycles. The third-order valence-electron chi connectivity index (χ3n) is 3.10. The average molecular weight is 350 g/mol. The van der Waals surface area contributed by atoms with Crippen LogP contribution in [0.1, 0.15) is 30.3 Å². The molecule has 5 heteroatoms. The van der Waals surface area contributed by atoms with Crippen LogP contribution in [0.25, 0.3) is 0 Å². The average Bonchev–Trinajstić information content (AvgIpc) is 2.43. The maximum Gasteiger partial charge on any atom is 0.227 e. The molecule has 1 aromatic heterocycles. The molecule has 4 nitrogen and oxygen atoms in total. The van der Waals surface area contributed by atoms with Gasteiger partial charge in [-0.2, -0.15) is 4.98 Å². The first-order chi connectivity index (χ1) is 10.0. The van der Waals surface area contributed by atoms with Crippen molar-refractivity contribution in [3.63, 3.8) is 0 Å². The second-order valence-electron chi connectivity index (χ2n) is 4.99.